The number of fused-ring (bicyclic) bond motifs is 1. The quantitative estimate of drug-likeness (QED) is 0.588. The second-order valence-corrected chi connectivity index (χ2v) is 8.53. The van der Waals surface area contributed by atoms with Crippen molar-refractivity contribution in [1.82, 2.24) is 9.55 Å². The maximum atomic E-state index is 13.2. The number of hydrogen-bond donors (Lipinski definition) is 0. The molecule has 0 fully saturated rings. The van der Waals surface area contributed by atoms with Gasteiger partial charge in [-0.3, -0.25) is 9.36 Å². The maximum Gasteiger partial charge on any atom is 0.263 e. The van der Waals surface area contributed by atoms with Gasteiger partial charge in [-0.05, 0) is 34.3 Å². The Morgan fingerprint density at radius 2 is 1.88 bits per heavy atom. The van der Waals surface area contributed by atoms with E-state index in [-0.39, 0.29) is 11.5 Å². The highest BCUT2D eigenvalue weighted by Gasteiger charge is 2.22. The van der Waals surface area contributed by atoms with Crippen LogP contribution in [-0.4, -0.2) is 9.55 Å². The molecule has 5 heteroatoms. The Kier molecular flexibility index (Phi) is 4.92. The standard InChI is InChI=1S/C19H21BrN2OS/c1-11(2)12(3)17-21-18-15(16(20)13(4)24-18)19(23)22(17)10-14-8-6-5-7-9-14/h5-9,11-12H,10H2,1-4H3. The van der Waals surface area contributed by atoms with Gasteiger partial charge in [0.2, 0.25) is 0 Å². The number of halogens is 1. The van der Waals surface area contributed by atoms with Crippen molar-refractivity contribution < 1.29 is 0 Å². The van der Waals surface area contributed by atoms with Crippen molar-refractivity contribution in [2.75, 3.05) is 0 Å². The predicted octanol–water partition coefficient (Wildman–Crippen LogP) is 5.34. The molecule has 0 amide bonds. The third-order valence-electron chi connectivity index (χ3n) is 4.53. The summed E-state index contributed by atoms with van der Waals surface area (Å²) in [5.41, 5.74) is 1.16. The Bertz CT molecular complexity index is 928. The fraction of sp³-hybridized carbons (Fsp3) is 0.368. The van der Waals surface area contributed by atoms with Crippen molar-refractivity contribution in [3.05, 3.63) is 61.4 Å². The molecule has 1 atom stereocenters. The van der Waals surface area contributed by atoms with Gasteiger partial charge in [-0.25, -0.2) is 4.98 Å². The van der Waals surface area contributed by atoms with Gasteiger partial charge in [0.15, 0.2) is 0 Å². The van der Waals surface area contributed by atoms with E-state index < -0.39 is 0 Å². The van der Waals surface area contributed by atoms with Crippen LogP contribution in [0.2, 0.25) is 0 Å². The summed E-state index contributed by atoms with van der Waals surface area (Å²) in [5.74, 6) is 1.51. The van der Waals surface area contributed by atoms with Crippen LogP contribution in [0.1, 0.15) is 43.0 Å². The lowest BCUT2D eigenvalue weighted by atomic mass is 9.97. The van der Waals surface area contributed by atoms with Gasteiger partial charge in [0, 0.05) is 15.3 Å². The minimum Gasteiger partial charge on any atom is -0.291 e. The summed E-state index contributed by atoms with van der Waals surface area (Å²) in [5, 5.41) is 0.702. The number of nitrogens with zero attached hydrogens (tertiary/aromatic N) is 2. The molecule has 3 rings (SSSR count). The third kappa shape index (κ3) is 3.07. The zero-order valence-corrected chi connectivity index (χ0v) is 16.7. The lowest BCUT2D eigenvalue weighted by Gasteiger charge is -2.20. The third-order valence-corrected chi connectivity index (χ3v) is 6.79. The summed E-state index contributed by atoms with van der Waals surface area (Å²) >= 11 is 5.15. The van der Waals surface area contributed by atoms with E-state index in [9.17, 15) is 4.79 Å². The average molecular weight is 405 g/mol. The molecule has 0 radical (unpaired) electrons. The normalized spacial score (nSPS) is 12.9. The summed E-state index contributed by atoms with van der Waals surface area (Å²) in [7, 11) is 0. The number of thiophene rings is 1. The Morgan fingerprint density at radius 3 is 2.50 bits per heavy atom. The van der Waals surface area contributed by atoms with Gasteiger partial charge in [0.05, 0.1) is 11.9 Å². The van der Waals surface area contributed by atoms with Crippen molar-refractivity contribution in [2.45, 2.75) is 40.2 Å². The first-order valence-corrected chi connectivity index (χ1v) is 9.74. The highest BCUT2D eigenvalue weighted by molar-refractivity contribution is 9.10. The molecule has 0 N–H and O–H groups in total. The Hall–Kier alpha value is -1.46. The fourth-order valence-corrected chi connectivity index (χ4v) is 4.39. The monoisotopic (exact) mass is 404 g/mol. The molecule has 2 heterocycles. The first-order chi connectivity index (χ1) is 11.4. The Morgan fingerprint density at radius 1 is 1.21 bits per heavy atom. The van der Waals surface area contributed by atoms with Crippen molar-refractivity contribution in [1.29, 1.82) is 0 Å². The van der Waals surface area contributed by atoms with Crippen molar-refractivity contribution in [2.24, 2.45) is 5.92 Å². The predicted molar refractivity (Wildman–Crippen MR) is 105 cm³/mol. The molecule has 3 aromatic rings. The molecule has 1 aromatic carbocycles. The van der Waals surface area contributed by atoms with Gasteiger partial charge < -0.3 is 0 Å². The van der Waals surface area contributed by atoms with Gasteiger partial charge >= 0.3 is 0 Å². The fourth-order valence-electron chi connectivity index (χ4n) is 2.74. The van der Waals surface area contributed by atoms with Crippen molar-refractivity contribution >= 4 is 37.5 Å². The first-order valence-electron chi connectivity index (χ1n) is 8.13. The number of hydrogen-bond acceptors (Lipinski definition) is 3. The molecule has 0 aliphatic heterocycles. The molecule has 0 spiro atoms. The summed E-state index contributed by atoms with van der Waals surface area (Å²) in [6.45, 7) is 9.06. The van der Waals surface area contributed by atoms with E-state index >= 15 is 0 Å². The van der Waals surface area contributed by atoms with Crippen LogP contribution in [0.15, 0.2) is 39.6 Å². The second kappa shape index (κ2) is 6.81. The Labute approximate surface area is 154 Å². The maximum absolute atomic E-state index is 13.2. The SMILES string of the molecule is Cc1sc2nc(C(C)C(C)C)n(Cc3ccccc3)c(=O)c2c1Br. The molecule has 126 valence electrons. The number of benzene rings is 1. The number of aromatic nitrogens is 2. The van der Waals surface area contributed by atoms with Gasteiger partial charge in [-0.1, -0.05) is 51.1 Å². The van der Waals surface area contributed by atoms with Crippen LogP contribution in [0.25, 0.3) is 10.2 Å². The zero-order chi connectivity index (χ0) is 17.4. The average Bonchev–Trinajstić information content (AvgIpc) is 2.85. The Balaban J connectivity index is 2.26. The van der Waals surface area contributed by atoms with Gasteiger partial charge in [0.25, 0.3) is 5.56 Å². The minimum absolute atomic E-state index is 0.0441. The van der Waals surface area contributed by atoms with Crippen LogP contribution in [0, 0.1) is 12.8 Å². The first kappa shape index (κ1) is 17.4. The van der Waals surface area contributed by atoms with E-state index in [0.717, 1.165) is 25.6 Å². The summed E-state index contributed by atoms with van der Waals surface area (Å²) in [6, 6.07) is 10.1. The van der Waals surface area contributed by atoms with Crippen molar-refractivity contribution in [3.63, 3.8) is 0 Å². The zero-order valence-electron chi connectivity index (χ0n) is 14.3. The molecule has 3 nitrogen and oxygen atoms in total. The van der Waals surface area contributed by atoms with E-state index in [1.807, 2.05) is 41.8 Å². The lowest BCUT2D eigenvalue weighted by Crippen LogP contribution is -2.28. The molecule has 0 aliphatic rings. The number of aryl methyl sites for hydroxylation is 1. The smallest absolute Gasteiger partial charge is 0.263 e. The van der Waals surface area contributed by atoms with Crippen LogP contribution in [0.3, 0.4) is 0 Å². The van der Waals surface area contributed by atoms with Gasteiger partial charge in [-0.15, -0.1) is 11.3 Å². The summed E-state index contributed by atoms with van der Waals surface area (Å²) in [6.07, 6.45) is 0. The summed E-state index contributed by atoms with van der Waals surface area (Å²) in [4.78, 5) is 20.0. The van der Waals surface area contributed by atoms with Crippen LogP contribution in [-0.2, 0) is 6.54 Å². The van der Waals surface area contributed by atoms with E-state index in [1.54, 1.807) is 11.3 Å². The van der Waals surface area contributed by atoms with Crippen molar-refractivity contribution in [3.8, 4) is 0 Å². The molecule has 24 heavy (non-hydrogen) atoms. The molecule has 0 saturated carbocycles. The molecular formula is C19H21BrN2OS. The van der Waals surface area contributed by atoms with E-state index in [1.165, 1.54) is 0 Å². The van der Waals surface area contributed by atoms with E-state index in [2.05, 4.69) is 36.7 Å². The molecule has 0 saturated heterocycles. The van der Waals surface area contributed by atoms with E-state index in [4.69, 9.17) is 4.98 Å². The number of rotatable bonds is 4. The topological polar surface area (TPSA) is 34.9 Å². The van der Waals surface area contributed by atoms with Crippen LogP contribution >= 0.6 is 27.3 Å². The highest BCUT2D eigenvalue weighted by atomic mass is 79.9. The molecule has 0 bridgehead atoms. The molecule has 1 unspecified atom stereocenters. The van der Waals surface area contributed by atoms with Crippen LogP contribution in [0.4, 0.5) is 0 Å². The highest BCUT2D eigenvalue weighted by Crippen LogP contribution is 2.33. The molecular weight excluding hydrogens is 384 g/mol. The molecule has 2 aromatic heterocycles. The van der Waals surface area contributed by atoms with Crippen LogP contribution < -0.4 is 5.56 Å². The summed E-state index contributed by atoms with van der Waals surface area (Å²) < 4.78 is 2.73. The second-order valence-electron chi connectivity index (χ2n) is 6.53. The van der Waals surface area contributed by atoms with E-state index in [0.29, 0.717) is 17.8 Å². The largest absolute Gasteiger partial charge is 0.291 e. The lowest BCUT2D eigenvalue weighted by molar-refractivity contribution is 0.481. The van der Waals surface area contributed by atoms with Crippen LogP contribution in [0.5, 0.6) is 0 Å². The molecule has 0 aliphatic carbocycles. The van der Waals surface area contributed by atoms with Gasteiger partial charge in [-0.2, -0.15) is 0 Å². The van der Waals surface area contributed by atoms with Gasteiger partial charge in [0.1, 0.15) is 10.7 Å². The minimum atomic E-state index is 0.0441.